The number of amides is 1. The Morgan fingerprint density at radius 3 is 2.74 bits per heavy atom. The van der Waals surface area contributed by atoms with Gasteiger partial charge in [-0.1, -0.05) is 6.07 Å². The lowest BCUT2D eigenvalue weighted by molar-refractivity contribution is -0.122. The number of ether oxygens (including phenoxy) is 1. The number of carbonyl (C=O) groups excluding carboxylic acids is 1. The number of benzene rings is 1. The summed E-state index contributed by atoms with van der Waals surface area (Å²) < 4.78 is 18.7. The van der Waals surface area contributed by atoms with Crippen molar-refractivity contribution in [2.45, 2.75) is 32.0 Å². The molecule has 8 heteroatoms. The second-order valence-corrected chi connectivity index (χ2v) is 6.65. The van der Waals surface area contributed by atoms with Crippen LogP contribution in [0, 0.1) is 5.82 Å². The summed E-state index contributed by atoms with van der Waals surface area (Å²) in [6, 6.07) is 5.33. The largest absolute Gasteiger partial charge is 0.380 e. The number of hydrogen-bond donors (Lipinski definition) is 3. The molecule has 1 saturated heterocycles. The van der Waals surface area contributed by atoms with Crippen molar-refractivity contribution in [2.75, 3.05) is 40.8 Å². The molecule has 1 aromatic carbocycles. The van der Waals surface area contributed by atoms with Crippen molar-refractivity contribution in [3.63, 3.8) is 0 Å². The molecule has 0 aromatic heterocycles. The van der Waals surface area contributed by atoms with E-state index in [9.17, 15) is 9.18 Å². The van der Waals surface area contributed by atoms with Gasteiger partial charge in [0.1, 0.15) is 5.82 Å². The maximum Gasteiger partial charge on any atom is 0.233 e. The molecule has 0 aliphatic carbocycles. The predicted molar refractivity (Wildman–Crippen MR) is 104 cm³/mol. The fraction of sp³-hybridized carbons (Fsp3) is 0.579. The van der Waals surface area contributed by atoms with Gasteiger partial charge in [-0.3, -0.25) is 14.7 Å². The molecule has 3 N–H and O–H groups in total. The molecule has 1 amide bonds. The number of nitrogens with one attached hydrogen (secondary N) is 3. The highest BCUT2D eigenvalue weighted by Gasteiger charge is 2.21. The number of aliphatic imine (C=N–C) groups is 1. The lowest BCUT2D eigenvalue weighted by Gasteiger charge is -2.32. The van der Waals surface area contributed by atoms with Crippen LogP contribution in [0.1, 0.15) is 24.0 Å². The summed E-state index contributed by atoms with van der Waals surface area (Å²) in [4.78, 5) is 17.9. The van der Waals surface area contributed by atoms with E-state index in [1.54, 1.807) is 33.3 Å². The smallest absolute Gasteiger partial charge is 0.233 e. The van der Waals surface area contributed by atoms with Crippen LogP contribution in [0.15, 0.2) is 23.2 Å². The summed E-state index contributed by atoms with van der Waals surface area (Å²) in [6.07, 6.45) is 1.90. The van der Waals surface area contributed by atoms with E-state index in [0.29, 0.717) is 24.7 Å². The van der Waals surface area contributed by atoms with E-state index in [1.807, 2.05) is 0 Å². The molecular weight excluding hydrogens is 349 g/mol. The number of likely N-dealkylation sites (tertiary alicyclic amines) is 1. The number of halogens is 1. The van der Waals surface area contributed by atoms with Crippen LogP contribution in [0.4, 0.5) is 4.39 Å². The van der Waals surface area contributed by atoms with Gasteiger partial charge < -0.3 is 20.7 Å². The Hall–Kier alpha value is -2.19. The van der Waals surface area contributed by atoms with Crippen LogP contribution in [-0.4, -0.2) is 63.6 Å². The minimum Gasteiger partial charge on any atom is -0.380 e. The standard InChI is InChI=1S/C19H30FN5O2/c1-21-18(26)12-25-8-6-16(7-9-25)24-19(22-2)23-11-14-4-5-17(20)15(10-14)13-27-3/h4-5,10,16H,6-9,11-13H2,1-3H3,(H,21,26)(H2,22,23,24). The summed E-state index contributed by atoms with van der Waals surface area (Å²) in [7, 11) is 4.94. The summed E-state index contributed by atoms with van der Waals surface area (Å²) in [5.74, 6) is 0.509. The summed E-state index contributed by atoms with van der Waals surface area (Å²) in [5.41, 5.74) is 1.51. The fourth-order valence-electron chi connectivity index (χ4n) is 3.10. The number of carbonyl (C=O) groups is 1. The number of guanidine groups is 1. The minimum atomic E-state index is -0.258. The quantitative estimate of drug-likeness (QED) is 0.484. The number of rotatable bonds is 7. The molecule has 1 heterocycles. The van der Waals surface area contributed by atoms with Crippen molar-refractivity contribution in [3.8, 4) is 0 Å². The zero-order valence-electron chi connectivity index (χ0n) is 16.3. The van der Waals surface area contributed by atoms with Crippen molar-refractivity contribution in [1.29, 1.82) is 0 Å². The lowest BCUT2D eigenvalue weighted by Crippen LogP contribution is -2.49. The molecule has 27 heavy (non-hydrogen) atoms. The highest BCUT2D eigenvalue weighted by Crippen LogP contribution is 2.12. The van der Waals surface area contributed by atoms with Crippen molar-refractivity contribution >= 4 is 11.9 Å². The Kier molecular flexibility index (Phi) is 8.47. The first-order chi connectivity index (χ1) is 13.0. The summed E-state index contributed by atoms with van der Waals surface area (Å²) in [5, 5.41) is 9.36. The Balaban J connectivity index is 1.80. The Bertz CT molecular complexity index is 645. The van der Waals surface area contributed by atoms with Gasteiger partial charge in [0.05, 0.1) is 13.2 Å². The maximum atomic E-state index is 13.7. The highest BCUT2D eigenvalue weighted by atomic mass is 19.1. The van der Waals surface area contributed by atoms with E-state index in [-0.39, 0.29) is 18.3 Å². The number of likely N-dealkylation sites (N-methyl/N-ethyl adjacent to an activating group) is 1. The third-order valence-electron chi connectivity index (χ3n) is 4.67. The molecule has 1 aliphatic heterocycles. The molecule has 0 bridgehead atoms. The van der Waals surface area contributed by atoms with Gasteiger partial charge in [0, 0.05) is 52.4 Å². The van der Waals surface area contributed by atoms with Gasteiger partial charge in [0.2, 0.25) is 5.91 Å². The van der Waals surface area contributed by atoms with E-state index < -0.39 is 0 Å². The second kappa shape index (κ2) is 10.8. The highest BCUT2D eigenvalue weighted by molar-refractivity contribution is 5.80. The molecule has 150 valence electrons. The lowest BCUT2D eigenvalue weighted by atomic mass is 10.1. The van der Waals surface area contributed by atoms with Gasteiger partial charge in [-0.05, 0) is 30.5 Å². The van der Waals surface area contributed by atoms with Gasteiger partial charge in [-0.15, -0.1) is 0 Å². The molecule has 1 aromatic rings. The number of methoxy groups -OCH3 is 1. The van der Waals surface area contributed by atoms with E-state index in [2.05, 4.69) is 25.8 Å². The van der Waals surface area contributed by atoms with Crippen LogP contribution in [-0.2, 0) is 22.7 Å². The Morgan fingerprint density at radius 2 is 2.11 bits per heavy atom. The third-order valence-corrected chi connectivity index (χ3v) is 4.67. The first-order valence-electron chi connectivity index (χ1n) is 9.22. The van der Waals surface area contributed by atoms with Crippen molar-refractivity contribution in [3.05, 3.63) is 35.1 Å². The topological polar surface area (TPSA) is 78.0 Å². The number of hydrogen-bond acceptors (Lipinski definition) is 4. The zero-order valence-corrected chi connectivity index (χ0v) is 16.3. The van der Waals surface area contributed by atoms with Crippen LogP contribution < -0.4 is 16.0 Å². The average molecular weight is 379 g/mol. The minimum absolute atomic E-state index is 0.0472. The van der Waals surface area contributed by atoms with Gasteiger partial charge in [0.25, 0.3) is 0 Å². The average Bonchev–Trinajstić information content (AvgIpc) is 2.68. The molecule has 0 atom stereocenters. The molecule has 7 nitrogen and oxygen atoms in total. The first-order valence-corrected chi connectivity index (χ1v) is 9.22. The van der Waals surface area contributed by atoms with Gasteiger partial charge in [-0.2, -0.15) is 0 Å². The molecule has 0 saturated carbocycles. The molecule has 1 aliphatic rings. The zero-order chi connectivity index (χ0) is 19.6. The number of nitrogens with zero attached hydrogens (tertiary/aromatic N) is 2. The van der Waals surface area contributed by atoms with Gasteiger partial charge in [0.15, 0.2) is 5.96 Å². The van der Waals surface area contributed by atoms with Crippen LogP contribution in [0.25, 0.3) is 0 Å². The molecule has 0 spiro atoms. The Morgan fingerprint density at radius 1 is 1.37 bits per heavy atom. The monoisotopic (exact) mass is 379 g/mol. The van der Waals surface area contributed by atoms with Gasteiger partial charge in [-0.25, -0.2) is 4.39 Å². The molecule has 2 rings (SSSR count). The van der Waals surface area contributed by atoms with Crippen molar-refractivity contribution in [1.82, 2.24) is 20.9 Å². The second-order valence-electron chi connectivity index (χ2n) is 6.65. The normalized spacial score (nSPS) is 16.2. The van der Waals surface area contributed by atoms with Crippen LogP contribution >= 0.6 is 0 Å². The van der Waals surface area contributed by atoms with E-state index in [0.717, 1.165) is 37.5 Å². The Labute approximate surface area is 160 Å². The molecule has 0 unspecified atom stereocenters. The molecule has 0 radical (unpaired) electrons. The SMILES string of the molecule is CN=C(NCc1ccc(F)c(COC)c1)NC1CCN(CC(=O)NC)CC1. The maximum absolute atomic E-state index is 13.7. The summed E-state index contributed by atoms with van der Waals surface area (Å²) in [6.45, 7) is 3.00. The van der Waals surface area contributed by atoms with Gasteiger partial charge >= 0.3 is 0 Å². The fourth-order valence-corrected chi connectivity index (χ4v) is 3.10. The van der Waals surface area contributed by atoms with Crippen LogP contribution in [0.2, 0.25) is 0 Å². The van der Waals surface area contributed by atoms with E-state index in [4.69, 9.17) is 4.74 Å². The van der Waals surface area contributed by atoms with Crippen molar-refractivity contribution < 1.29 is 13.9 Å². The van der Waals surface area contributed by atoms with Crippen molar-refractivity contribution in [2.24, 2.45) is 4.99 Å². The molecule has 1 fully saturated rings. The first kappa shape index (κ1) is 21.1. The third kappa shape index (κ3) is 6.80. The molecular formula is C19H30FN5O2. The number of piperidine rings is 1. The predicted octanol–water partition coefficient (Wildman–Crippen LogP) is 0.848. The van der Waals surface area contributed by atoms with Crippen LogP contribution in [0.5, 0.6) is 0 Å². The summed E-state index contributed by atoms with van der Waals surface area (Å²) >= 11 is 0. The van der Waals surface area contributed by atoms with E-state index in [1.165, 1.54) is 6.07 Å². The van der Waals surface area contributed by atoms with E-state index >= 15 is 0 Å². The van der Waals surface area contributed by atoms with Crippen LogP contribution in [0.3, 0.4) is 0 Å².